The van der Waals surface area contributed by atoms with Crippen molar-refractivity contribution in [2.45, 2.75) is 25.3 Å². The third-order valence-electron chi connectivity index (χ3n) is 2.21. The van der Waals surface area contributed by atoms with Crippen LogP contribution in [0.3, 0.4) is 0 Å². The number of hydrogen-bond donors (Lipinski definition) is 1. The number of hydrogen-bond acceptors (Lipinski definition) is 2. The molecule has 2 N–H and O–H groups in total. The zero-order valence-electron chi connectivity index (χ0n) is 9.47. The van der Waals surface area contributed by atoms with Gasteiger partial charge in [-0.05, 0) is 19.1 Å². The second-order valence-electron chi connectivity index (χ2n) is 3.79. The largest absolute Gasteiger partial charge is 0.487 e. The second-order valence-corrected chi connectivity index (χ2v) is 3.79. The van der Waals surface area contributed by atoms with Gasteiger partial charge >= 0.3 is 12.3 Å². The summed E-state index contributed by atoms with van der Waals surface area (Å²) in [7, 11) is 0. The van der Waals surface area contributed by atoms with E-state index in [9.17, 15) is 22.0 Å². The van der Waals surface area contributed by atoms with E-state index in [1.165, 1.54) is 19.1 Å². The Morgan fingerprint density at radius 2 is 1.94 bits per heavy atom. The molecule has 1 rings (SSSR count). The van der Waals surface area contributed by atoms with Crippen molar-refractivity contribution in [1.82, 2.24) is 0 Å². The highest BCUT2D eigenvalue weighted by Crippen LogP contribution is 2.29. The van der Waals surface area contributed by atoms with Crippen molar-refractivity contribution in [1.29, 1.82) is 0 Å². The van der Waals surface area contributed by atoms with Gasteiger partial charge in [0, 0.05) is 11.6 Å². The van der Waals surface area contributed by atoms with Gasteiger partial charge in [0.15, 0.2) is 6.61 Å². The first kappa shape index (κ1) is 14.7. The van der Waals surface area contributed by atoms with Crippen LogP contribution in [0.2, 0.25) is 0 Å². The zero-order chi connectivity index (χ0) is 13.9. The van der Waals surface area contributed by atoms with Gasteiger partial charge in [-0.25, -0.2) is 13.2 Å². The first-order valence-electron chi connectivity index (χ1n) is 5.08. The van der Waals surface area contributed by atoms with Crippen LogP contribution in [0.4, 0.5) is 22.0 Å². The van der Waals surface area contributed by atoms with Crippen molar-refractivity contribution in [2.24, 2.45) is 5.73 Å². The summed E-state index contributed by atoms with van der Waals surface area (Å²) in [4.78, 5) is 0. The van der Waals surface area contributed by atoms with E-state index in [-0.39, 0.29) is 11.3 Å². The van der Waals surface area contributed by atoms with Gasteiger partial charge in [0.1, 0.15) is 11.6 Å². The first-order chi connectivity index (χ1) is 8.25. The Morgan fingerprint density at radius 1 is 1.33 bits per heavy atom. The van der Waals surface area contributed by atoms with Crippen LogP contribution in [-0.2, 0) is 0 Å². The lowest BCUT2D eigenvalue weighted by atomic mass is 10.1. The van der Waals surface area contributed by atoms with E-state index in [0.717, 1.165) is 6.07 Å². The molecule has 0 bridgehead atoms. The van der Waals surface area contributed by atoms with Gasteiger partial charge in [-0.2, -0.15) is 8.78 Å². The molecule has 0 amide bonds. The number of benzene rings is 1. The average Bonchev–Trinajstić information content (AvgIpc) is 2.25. The predicted octanol–water partition coefficient (Wildman–Crippen LogP) is 3.12. The van der Waals surface area contributed by atoms with Crippen molar-refractivity contribution < 1.29 is 26.7 Å². The molecule has 0 radical (unpaired) electrons. The molecule has 1 aromatic carbocycles. The summed E-state index contributed by atoms with van der Waals surface area (Å²) >= 11 is 0. The maximum Gasteiger partial charge on any atom is 0.340 e. The normalized spacial score (nSPS) is 13.8. The molecule has 0 aliphatic rings. The first-order valence-corrected chi connectivity index (χ1v) is 5.08. The molecule has 0 aliphatic carbocycles. The molecule has 0 unspecified atom stereocenters. The van der Waals surface area contributed by atoms with Crippen LogP contribution >= 0.6 is 0 Å². The van der Waals surface area contributed by atoms with Crippen molar-refractivity contribution in [3.63, 3.8) is 0 Å². The zero-order valence-corrected chi connectivity index (χ0v) is 9.47. The van der Waals surface area contributed by atoms with E-state index in [2.05, 4.69) is 4.74 Å². The van der Waals surface area contributed by atoms with Crippen LogP contribution in [0.5, 0.6) is 5.75 Å². The minimum atomic E-state index is -4.29. The molecular formula is C11H12F5NO. The summed E-state index contributed by atoms with van der Waals surface area (Å²) in [5.74, 6) is -5.28. The van der Waals surface area contributed by atoms with Crippen LogP contribution in [0.1, 0.15) is 18.5 Å². The van der Waals surface area contributed by atoms with Crippen LogP contribution < -0.4 is 10.5 Å². The highest BCUT2D eigenvalue weighted by molar-refractivity contribution is 5.36. The Balaban J connectivity index is 2.89. The van der Waals surface area contributed by atoms with E-state index in [0.29, 0.717) is 0 Å². The molecule has 0 aromatic heterocycles. The summed E-state index contributed by atoms with van der Waals surface area (Å²) in [6.07, 6.45) is -3.84. The Bertz CT molecular complexity index is 408. The molecule has 1 atom stereocenters. The minimum absolute atomic E-state index is 0.123. The van der Waals surface area contributed by atoms with E-state index >= 15 is 0 Å². The van der Waals surface area contributed by atoms with E-state index in [1.54, 1.807) is 0 Å². The summed E-state index contributed by atoms with van der Waals surface area (Å²) in [6.45, 7) is -0.107. The Kier molecular flexibility index (Phi) is 4.50. The third-order valence-corrected chi connectivity index (χ3v) is 2.21. The summed E-state index contributed by atoms with van der Waals surface area (Å²) in [5, 5.41) is 0. The van der Waals surface area contributed by atoms with Gasteiger partial charge in [-0.1, -0.05) is 6.07 Å². The Morgan fingerprint density at radius 3 is 2.44 bits per heavy atom. The molecule has 0 fully saturated rings. The van der Waals surface area contributed by atoms with Gasteiger partial charge in [0.2, 0.25) is 0 Å². The van der Waals surface area contributed by atoms with Crippen molar-refractivity contribution in [3.8, 4) is 5.75 Å². The SMILES string of the molecule is C[C@@H](N)c1c(F)cccc1OCC(F)(F)C(F)F. The topological polar surface area (TPSA) is 35.2 Å². The smallest absolute Gasteiger partial charge is 0.340 e. The number of nitrogens with two attached hydrogens (primary N) is 1. The number of alkyl halides is 4. The molecule has 0 aliphatic heterocycles. The second kappa shape index (κ2) is 5.51. The summed E-state index contributed by atoms with van der Waals surface area (Å²) in [6, 6.07) is 2.69. The molecule has 1 aromatic rings. The molecule has 0 spiro atoms. The van der Waals surface area contributed by atoms with E-state index in [1.807, 2.05) is 0 Å². The molecule has 0 saturated heterocycles. The third kappa shape index (κ3) is 3.32. The van der Waals surface area contributed by atoms with Gasteiger partial charge in [-0.15, -0.1) is 0 Å². The summed E-state index contributed by atoms with van der Waals surface area (Å²) < 4.78 is 67.1. The highest BCUT2D eigenvalue weighted by Gasteiger charge is 2.42. The van der Waals surface area contributed by atoms with Gasteiger partial charge < -0.3 is 10.5 Å². The van der Waals surface area contributed by atoms with Crippen LogP contribution in [0, 0.1) is 5.82 Å². The fourth-order valence-electron chi connectivity index (χ4n) is 1.32. The Hall–Kier alpha value is -1.37. The van der Waals surface area contributed by atoms with Crippen LogP contribution in [0.25, 0.3) is 0 Å². The highest BCUT2D eigenvalue weighted by atomic mass is 19.3. The quantitative estimate of drug-likeness (QED) is 0.833. The van der Waals surface area contributed by atoms with Gasteiger partial charge in [0.05, 0.1) is 0 Å². The number of halogens is 5. The number of rotatable bonds is 5. The fraction of sp³-hybridized carbons (Fsp3) is 0.455. The lowest BCUT2D eigenvalue weighted by Crippen LogP contribution is -2.34. The maximum absolute atomic E-state index is 13.4. The molecule has 0 saturated carbocycles. The Labute approximate surface area is 101 Å². The van der Waals surface area contributed by atoms with Crippen LogP contribution in [-0.4, -0.2) is 19.0 Å². The molecule has 18 heavy (non-hydrogen) atoms. The molecular weight excluding hydrogens is 257 g/mol. The minimum Gasteiger partial charge on any atom is -0.487 e. The van der Waals surface area contributed by atoms with Crippen molar-refractivity contribution >= 4 is 0 Å². The molecule has 7 heteroatoms. The predicted molar refractivity (Wildman–Crippen MR) is 55.4 cm³/mol. The van der Waals surface area contributed by atoms with Crippen molar-refractivity contribution in [3.05, 3.63) is 29.6 Å². The van der Waals surface area contributed by atoms with Crippen molar-refractivity contribution in [2.75, 3.05) is 6.61 Å². The molecule has 2 nitrogen and oxygen atoms in total. The average molecular weight is 269 g/mol. The monoisotopic (exact) mass is 269 g/mol. The summed E-state index contributed by atoms with van der Waals surface area (Å²) in [5.41, 5.74) is 5.34. The van der Waals surface area contributed by atoms with E-state index < -0.39 is 30.8 Å². The molecule has 102 valence electrons. The number of ether oxygens (including phenoxy) is 1. The van der Waals surface area contributed by atoms with E-state index in [4.69, 9.17) is 5.73 Å². The van der Waals surface area contributed by atoms with Gasteiger partial charge in [-0.3, -0.25) is 0 Å². The lowest BCUT2D eigenvalue weighted by molar-refractivity contribution is -0.148. The standard InChI is InChI=1S/C11H12F5NO/c1-6(17)9-7(12)3-2-4-8(9)18-5-11(15,16)10(13)14/h2-4,6,10H,5,17H2,1H3/t6-/m1/s1. The fourth-order valence-corrected chi connectivity index (χ4v) is 1.32. The maximum atomic E-state index is 13.4. The van der Waals surface area contributed by atoms with Crippen LogP contribution in [0.15, 0.2) is 18.2 Å². The molecule has 0 heterocycles. The lowest BCUT2D eigenvalue weighted by Gasteiger charge is -2.19. The van der Waals surface area contributed by atoms with Gasteiger partial charge in [0.25, 0.3) is 0 Å².